The van der Waals surface area contributed by atoms with E-state index in [9.17, 15) is 18.0 Å². The van der Waals surface area contributed by atoms with Gasteiger partial charge in [-0.15, -0.1) is 0 Å². The number of rotatable bonds is 5. The van der Waals surface area contributed by atoms with E-state index in [2.05, 4.69) is 10.6 Å². The number of hydrogen-bond acceptors (Lipinski definition) is 2. The predicted octanol–water partition coefficient (Wildman–Crippen LogP) is 2.04. The smallest absolute Gasteiger partial charge is 0.238 e. The van der Waals surface area contributed by atoms with Gasteiger partial charge in [0.2, 0.25) is 5.91 Å². The highest BCUT2D eigenvalue weighted by atomic mass is 19.1. The van der Waals surface area contributed by atoms with Crippen LogP contribution < -0.4 is 10.6 Å². The van der Waals surface area contributed by atoms with Crippen molar-refractivity contribution in [3.8, 4) is 0 Å². The molecule has 98 valence electrons. The topological polar surface area (TPSA) is 41.1 Å². The van der Waals surface area contributed by atoms with Gasteiger partial charge in [0, 0.05) is 12.1 Å². The van der Waals surface area contributed by atoms with Crippen molar-refractivity contribution in [2.24, 2.45) is 5.92 Å². The Bertz CT molecular complexity index is 438. The summed E-state index contributed by atoms with van der Waals surface area (Å²) in [4.78, 5) is 11.4. The van der Waals surface area contributed by atoms with Crippen LogP contribution in [0.5, 0.6) is 0 Å². The van der Waals surface area contributed by atoms with Crippen molar-refractivity contribution >= 4 is 11.6 Å². The first-order valence-corrected chi connectivity index (χ1v) is 5.71. The van der Waals surface area contributed by atoms with Gasteiger partial charge < -0.3 is 10.6 Å². The number of anilines is 1. The second-order valence-corrected chi connectivity index (χ2v) is 4.37. The monoisotopic (exact) mass is 258 g/mol. The van der Waals surface area contributed by atoms with E-state index in [0.717, 1.165) is 19.4 Å². The lowest BCUT2D eigenvalue weighted by Gasteiger charge is -2.08. The Kier molecular flexibility index (Phi) is 3.86. The fourth-order valence-corrected chi connectivity index (χ4v) is 1.56. The molecule has 0 heterocycles. The van der Waals surface area contributed by atoms with Crippen LogP contribution in [0.3, 0.4) is 0 Å². The fraction of sp³-hybridized carbons (Fsp3) is 0.417. The zero-order valence-corrected chi connectivity index (χ0v) is 9.60. The lowest BCUT2D eigenvalue weighted by atomic mass is 10.2. The van der Waals surface area contributed by atoms with Gasteiger partial charge in [0.15, 0.2) is 11.6 Å². The average molecular weight is 258 g/mol. The first-order chi connectivity index (χ1) is 8.56. The molecule has 2 rings (SSSR count). The number of halogens is 3. The molecule has 1 aromatic carbocycles. The maximum absolute atomic E-state index is 13.2. The third kappa shape index (κ3) is 3.46. The van der Waals surface area contributed by atoms with Crippen molar-refractivity contribution in [3.63, 3.8) is 0 Å². The number of amides is 1. The first kappa shape index (κ1) is 12.9. The molecule has 1 aliphatic carbocycles. The largest absolute Gasteiger partial charge is 0.320 e. The van der Waals surface area contributed by atoms with Gasteiger partial charge in [-0.25, -0.2) is 13.2 Å². The molecular formula is C12H13F3N2O. The minimum atomic E-state index is -1.12. The molecule has 18 heavy (non-hydrogen) atoms. The zero-order chi connectivity index (χ0) is 13.1. The lowest BCUT2D eigenvalue weighted by Crippen LogP contribution is -2.30. The molecule has 1 aromatic rings. The SMILES string of the molecule is O=C(CNCC1CC1)Nc1c(F)cc(F)cc1F. The van der Waals surface area contributed by atoms with Gasteiger partial charge in [0.25, 0.3) is 0 Å². The zero-order valence-electron chi connectivity index (χ0n) is 9.60. The molecule has 0 saturated heterocycles. The van der Waals surface area contributed by atoms with Crippen molar-refractivity contribution in [1.29, 1.82) is 0 Å². The third-order valence-electron chi connectivity index (χ3n) is 2.69. The number of carbonyl (C=O) groups excluding carboxylic acids is 1. The molecule has 2 N–H and O–H groups in total. The number of nitrogens with one attached hydrogen (secondary N) is 2. The van der Waals surface area contributed by atoms with E-state index in [1.54, 1.807) is 0 Å². The van der Waals surface area contributed by atoms with Gasteiger partial charge in [-0.1, -0.05) is 0 Å². The van der Waals surface area contributed by atoms with E-state index in [1.165, 1.54) is 0 Å². The number of carbonyl (C=O) groups is 1. The van der Waals surface area contributed by atoms with Crippen LogP contribution in [0.25, 0.3) is 0 Å². The van der Waals surface area contributed by atoms with Gasteiger partial charge in [-0.05, 0) is 25.3 Å². The van der Waals surface area contributed by atoms with Crippen LogP contribution in [0.15, 0.2) is 12.1 Å². The Morgan fingerprint density at radius 3 is 2.39 bits per heavy atom. The standard InChI is InChI=1S/C12H13F3N2O/c13-8-3-9(14)12(10(15)4-8)17-11(18)6-16-5-7-1-2-7/h3-4,7,16H,1-2,5-6H2,(H,17,18). The average Bonchev–Trinajstić information content (AvgIpc) is 3.07. The lowest BCUT2D eigenvalue weighted by molar-refractivity contribution is -0.115. The van der Waals surface area contributed by atoms with Crippen molar-refractivity contribution in [2.75, 3.05) is 18.4 Å². The van der Waals surface area contributed by atoms with Crippen LogP contribution >= 0.6 is 0 Å². The summed E-state index contributed by atoms with van der Waals surface area (Å²) in [6, 6.07) is 1.05. The summed E-state index contributed by atoms with van der Waals surface area (Å²) in [5.74, 6) is -3.21. The molecular weight excluding hydrogens is 245 g/mol. The summed E-state index contributed by atoms with van der Waals surface area (Å²) in [5.41, 5.74) is -0.616. The molecule has 1 saturated carbocycles. The normalized spacial score (nSPS) is 14.6. The van der Waals surface area contributed by atoms with Crippen molar-refractivity contribution in [3.05, 3.63) is 29.6 Å². The molecule has 0 unspecified atom stereocenters. The minimum Gasteiger partial charge on any atom is -0.320 e. The highest BCUT2D eigenvalue weighted by molar-refractivity contribution is 5.92. The molecule has 0 atom stereocenters. The third-order valence-corrected chi connectivity index (χ3v) is 2.69. The molecule has 0 radical (unpaired) electrons. The van der Waals surface area contributed by atoms with Crippen LogP contribution in [0, 0.1) is 23.4 Å². The van der Waals surface area contributed by atoms with Crippen LogP contribution in [-0.2, 0) is 4.79 Å². The quantitative estimate of drug-likeness (QED) is 0.848. The van der Waals surface area contributed by atoms with E-state index in [1.807, 2.05) is 0 Å². The molecule has 1 amide bonds. The fourth-order valence-electron chi connectivity index (χ4n) is 1.56. The Morgan fingerprint density at radius 1 is 1.22 bits per heavy atom. The van der Waals surface area contributed by atoms with E-state index in [4.69, 9.17) is 0 Å². The summed E-state index contributed by atoms with van der Waals surface area (Å²) < 4.78 is 39.1. The van der Waals surface area contributed by atoms with Crippen molar-refractivity contribution in [1.82, 2.24) is 5.32 Å². The maximum Gasteiger partial charge on any atom is 0.238 e. The second kappa shape index (κ2) is 5.39. The number of hydrogen-bond donors (Lipinski definition) is 2. The summed E-state index contributed by atoms with van der Waals surface area (Å²) in [7, 11) is 0. The molecule has 1 fully saturated rings. The van der Waals surface area contributed by atoms with Crippen molar-refractivity contribution < 1.29 is 18.0 Å². The molecule has 0 aliphatic heterocycles. The predicted molar refractivity (Wildman–Crippen MR) is 60.5 cm³/mol. The van der Waals surface area contributed by atoms with E-state index >= 15 is 0 Å². The van der Waals surface area contributed by atoms with Crippen LogP contribution in [0.4, 0.5) is 18.9 Å². The maximum atomic E-state index is 13.2. The van der Waals surface area contributed by atoms with E-state index in [0.29, 0.717) is 18.1 Å². The minimum absolute atomic E-state index is 0.0211. The van der Waals surface area contributed by atoms with Crippen LogP contribution in [0.1, 0.15) is 12.8 Å². The van der Waals surface area contributed by atoms with Gasteiger partial charge in [0.05, 0.1) is 6.54 Å². The highest BCUT2D eigenvalue weighted by Gasteiger charge is 2.21. The van der Waals surface area contributed by atoms with Crippen LogP contribution in [0.2, 0.25) is 0 Å². The summed E-state index contributed by atoms with van der Waals surface area (Å²) >= 11 is 0. The molecule has 6 heteroatoms. The Hall–Kier alpha value is -1.56. The van der Waals surface area contributed by atoms with Gasteiger partial charge in [0.1, 0.15) is 11.5 Å². The molecule has 0 aromatic heterocycles. The van der Waals surface area contributed by atoms with Crippen molar-refractivity contribution in [2.45, 2.75) is 12.8 Å². The molecule has 1 aliphatic rings. The van der Waals surface area contributed by atoms with Gasteiger partial charge in [-0.3, -0.25) is 4.79 Å². The van der Waals surface area contributed by atoms with E-state index in [-0.39, 0.29) is 6.54 Å². The molecule has 3 nitrogen and oxygen atoms in total. The second-order valence-electron chi connectivity index (χ2n) is 4.37. The highest BCUT2D eigenvalue weighted by Crippen LogP contribution is 2.27. The molecule has 0 bridgehead atoms. The van der Waals surface area contributed by atoms with Gasteiger partial charge in [-0.2, -0.15) is 0 Å². The summed E-state index contributed by atoms with van der Waals surface area (Å²) in [6.45, 7) is 0.703. The Morgan fingerprint density at radius 2 is 1.83 bits per heavy atom. The summed E-state index contributed by atoms with van der Waals surface area (Å²) in [6.07, 6.45) is 2.30. The van der Waals surface area contributed by atoms with E-state index < -0.39 is 29.0 Å². The molecule has 0 spiro atoms. The van der Waals surface area contributed by atoms with Gasteiger partial charge >= 0.3 is 0 Å². The Labute approximate surface area is 102 Å². The van der Waals surface area contributed by atoms with Crippen LogP contribution in [-0.4, -0.2) is 19.0 Å². The summed E-state index contributed by atoms with van der Waals surface area (Å²) in [5, 5.41) is 4.97. The number of benzene rings is 1. The first-order valence-electron chi connectivity index (χ1n) is 5.71. The Balaban J connectivity index is 1.89.